The zero-order chi connectivity index (χ0) is 23.2. The van der Waals surface area contributed by atoms with Gasteiger partial charge in [-0.3, -0.25) is 9.78 Å². The van der Waals surface area contributed by atoms with Crippen molar-refractivity contribution in [2.75, 3.05) is 19.7 Å². The molecular weight excluding hydrogens is 414 g/mol. The summed E-state index contributed by atoms with van der Waals surface area (Å²) in [6, 6.07) is 12.4. The number of rotatable bonds is 8. The van der Waals surface area contributed by atoms with Crippen LogP contribution in [0.2, 0.25) is 0 Å². The predicted octanol–water partition coefficient (Wildman–Crippen LogP) is 4.08. The van der Waals surface area contributed by atoms with Gasteiger partial charge in [0.2, 0.25) is 5.91 Å². The minimum absolute atomic E-state index is 0.177. The van der Waals surface area contributed by atoms with E-state index in [0.717, 1.165) is 61.0 Å². The molecule has 4 rings (SSSR count). The van der Waals surface area contributed by atoms with Crippen molar-refractivity contribution in [3.05, 3.63) is 71.1 Å². The number of piperidine rings is 1. The Balaban J connectivity index is 1.35. The van der Waals surface area contributed by atoms with Crippen LogP contribution in [0.5, 0.6) is 5.75 Å². The Morgan fingerprint density at radius 2 is 2.03 bits per heavy atom. The number of aryl methyl sites for hydroxylation is 3. The van der Waals surface area contributed by atoms with E-state index in [2.05, 4.69) is 28.3 Å². The quantitative estimate of drug-likeness (QED) is 0.520. The van der Waals surface area contributed by atoms with Gasteiger partial charge in [-0.15, -0.1) is 0 Å². The molecule has 174 valence electrons. The van der Waals surface area contributed by atoms with E-state index in [0.29, 0.717) is 19.6 Å². The van der Waals surface area contributed by atoms with Crippen LogP contribution < -0.4 is 4.74 Å². The van der Waals surface area contributed by atoms with Gasteiger partial charge < -0.3 is 9.64 Å². The van der Waals surface area contributed by atoms with Crippen LogP contribution in [0.3, 0.4) is 0 Å². The zero-order valence-corrected chi connectivity index (χ0v) is 19.8. The molecule has 0 spiro atoms. The lowest BCUT2D eigenvalue weighted by Crippen LogP contribution is -2.39. The summed E-state index contributed by atoms with van der Waals surface area (Å²) >= 11 is 0. The number of benzene rings is 1. The monoisotopic (exact) mass is 447 g/mol. The highest BCUT2D eigenvalue weighted by molar-refractivity contribution is 5.76. The highest BCUT2D eigenvalue weighted by Gasteiger charge is 2.25. The number of hydrogen-bond acceptors (Lipinski definition) is 5. The Morgan fingerprint density at radius 3 is 2.76 bits per heavy atom. The third-order valence-corrected chi connectivity index (χ3v) is 6.21. The highest BCUT2D eigenvalue weighted by Crippen LogP contribution is 2.27. The van der Waals surface area contributed by atoms with Crippen LogP contribution in [-0.2, 0) is 17.8 Å². The second-order valence-corrected chi connectivity index (χ2v) is 8.67. The van der Waals surface area contributed by atoms with Crippen LogP contribution in [0.15, 0.2) is 42.6 Å². The van der Waals surface area contributed by atoms with Crippen molar-refractivity contribution in [2.24, 2.45) is 0 Å². The summed E-state index contributed by atoms with van der Waals surface area (Å²) in [4.78, 5) is 23.9. The van der Waals surface area contributed by atoms with E-state index >= 15 is 0 Å². The maximum absolute atomic E-state index is 12.8. The van der Waals surface area contributed by atoms with Crippen molar-refractivity contribution in [2.45, 2.75) is 58.9 Å². The molecule has 0 saturated carbocycles. The van der Waals surface area contributed by atoms with Crippen molar-refractivity contribution in [1.82, 2.24) is 24.6 Å². The zero-order valence-electron chi connectivity index (χ0n) is 19.8. The van der Waals surface area contributed by atoms with Crippen LogP contribution in [0, 0.1) is 13.8 Å². The molecule has 1 atom stereocenters. The summed E-state index contributed by atoms with van der Waals surface area (Å²) in [6.45, 7) is 8.57. The number of likely N-dealkylation sites (tertiary alicyclic amines) is 1. The average Bonchev–Trinajstić information content (AvgIpc) is 3.16. The molecule has 0 unspecified atom stereocenters. The summed E-state index contributed by atoms with van der Waals surface area (Å²) in [7, 11) is 0. The number of hydrogen-bond donors (Lipinski definition) is 0. The molecule has 3 heterocycles. The molecule has 1 aliphatic heterocycles. The molecule has 1 amide bonds. The molecule has 0 N–H and O–H groups in total. The number of amides is 1. The third-order valence-electron chi connectivity index (χ3n) is 6.21. The van der Waals surface area contributed by atoms with Gasteiger partial charge in [0, 0.05) is 43.7 Å². The average molecular weight is 448 g/mol. The summed E-state index contributed by atoms with van der Waals surface area (Å²) in [5.74, 6) is 2.99. The summed E-state index contributed by atoms with van der Waals surface area (Å²) < 4.78 is 7.57. The predicted molar refractivity (Wildman–Crippen MR) is 127 cm³/mol. The van der Waals surface area contributed by atoms with Crippen molar-refractivity contribution >= 4 is 5.91 Å². The SMILES string of the molecule is CCOc1ccccc1Cc1ccc([C@H]2CCCN(C(=O)CCn3nc(C)nc3C)C2)nc1. The number of pyridine rings is 1. The molecule has 0 aliphatic carbocycles. The second kappa shape index (κ2) is 10.6. The molecule has 33 heavy (non-hydrogen) atoms. The standard InChI is InChI=1S/C26H33N5O2/c1-4-33-25-10-6-5-8-22(25)16-21-11-12-24(27-17-21)23-9-7-14-30(18-23)26(32)13-15-31-20(3)28-19(2)29-31/h5-6,8,10-12,17,23H,4,7,9,13-16,18H2,1-3H3/t23-/m0/s1. The third kappa shape index (κ3) is 5.78. The van der Waals surface area contributed by atoms with Gasteiger partial charge >= 0.3 is 0 Å². The van der Waals surface area contributed by atoms with Crippen molar-refractivity contribution < 1.29 is 9.53 Å². The normalized spacial score (nSPS) is 16.1. The van der Waals surface area contributed by atoms with E-state index in [1.807, 2.05) is 54.7 Å². The van der Waals surface area contributed by atoms with Gasteiger partial charge in [-0.1, -0.05) is 24.3 Å². The molecular formula is C26H33N5O2. The fourth-order valence-corrected chi connectivity index (χ4v) is 4.53. The largest absolute Gasteiger partial charge is 0.494 e. The Morgan fingerprint density at radius 1 is 1.18 bits per heavy atom. The second-order valence-electron chi connectivity index (χ2n) is 8.67. The number of carbonyl (C=O) groups is 1. The van der Waals surface area contributed by atoms with Crippen LogP contribution in [-0.4, -0.2) is 50.3 Å². The molecule has 3 aromatic rings. The Bertz CT molecular complexity index is 1080. The van der Waals surface area contributed by atoms with E-state index in [1.165, 1.54) is 5.56 Å². The van der Waals surface area contributed by atoms with E-state index in [9.17, 15) is 4.79 Å². The first kappa shape index (κ1) is 23.0. The van der Waals surface area contributed by atoms with Crippen LogP contribution in [0.25, 0.3) is 0 Å². The fraction of sp³-hybridized carbons (Fsp3) is 0.462. The van der Waals surface area contributed by atoms with Crippen LogP contribution in [0.1, 0.15) is 60.6 Å². The molecule has 2 aromatic heterocycles. The molecule has 1 aromatic carbocycles. The Kier molecular flexibility index (Phi) is 7.37. The lowest BCUT2D eigenvalue weighted by atomic mass is 9.93. The van der Waals surface area contributed by atoms with Gasteiger partial charge in [0.05, 0.1) is 13.2 Å². The Hall–Kier alpha value is -3.22. The van der Waals surface area contributed by atoms with Crippen LogP contribution >= 0.6 is 0 Å². The van der Waals surface area contributed by atoms with E-state index in [4.69, 9.17) is 9.72 Å². The molecule has 1 aliphatic rings. The van der Waals surface area contributed by atoms with Crippen LogP contribution in [0.4, 0.5) is 0 Å². The summed E-state index contributed by atoms with van der Waals surface area (Å²) in [6.07, 6.45) is 5.27. The molecule has 0 radical (unpaired) electrons. The van der Waals surface area contributed by atoms with Gasteiger partial charge in [0.1, 0.15) is 17.4 Å². The van der Waals surface area contributed by atoms with E-state index in [-0.39, 0.29) is 11.8 Å². The first-order valence-corrected chi connectivity index (χ1v) is 11.8. The molecule has 1 fully saturated rings. The van der Waals surface area contributed by atoms with E-state index < -0.39 is 0 Å². The smallest absolute Gasteiger partial charge is 0.224 e. The Labute approximate surface area is 195 Å². The van der Waals surface area contributed by atoms with Crippen molar-refractivity contribution in [1.29, 1.82) is 0 Å². The molecule has 0 bridgehead atoms. The lowest BCUT2D eigenvalue weighted by molar-refractivity contribution is -0.132. The van der Waals surface area contributed by atoms with E-state index in [1.54, 1.807) is 0 Å². The first-order chi connectivity index (χ1) is 16.0. The lowest BCUT2D eigenvalue weighted by Gasteiger charge is -2.32. The minimum Gasteiger partial charge on any atom is -0.494 e. The van der Waals surface area contributed by atoms with Gasteiger partial charge in [-0.2, -0.15) is 5.10 Å². The summed E-state index contributed by atoms with van der Waals surface area (Å²) in [5.41, 5.74) is 3.39. The van der Waals surface area contributed by atoms with Gasteiger partial charge in [0.15, 0.2) is 0 Å². The maximum Gasteiger partial charge on any atom is 0.224 e. The van der Waals surface area contributed by atoms with Gasteiger partial charge in [-0.25, -0.2) is 9.67 Å². The number of aromatic nitrogens is 4. The van der Waals surface area contributed by atoms with Crippen molar-refractivity contribution in [3.8, 4) is 5.75 Å². The number of para-hydroxylation sites is 1. The molecule has 1 saturated heterocycles. The highest BCUT2D eigenvalue weighted by atomic mass is 16.5. The molecule has 7 nitrogen and oxygen atoms in total. The number of carbonyl (C=O) groups excluding carboxylic acids is 1. The minimum atomic E-state index is 0.177. The first-order valence-electron chi connectivity index (χ1n) is 11.8. The fourth-order valence-electron chi connectivity index (χ4n) is 4.53. The maximum atomic E-state index is 12.8. The number of ether oxygens (including phenoxy) is 1. The van der Waals surface area contributed by atoms with Crippen molar-refractivity contribution in [3.63, 3.8) is 0 Å². The summed E-state index contributed by atoms with van der Waals surface area (Å²) in [5, 5.41) is 4.36. The topological polar surface area (TPSA) is 73.1 Å². The van der Waals surface area contributed by atoms with Gasteiger partial charge in [0.25, 0.3) is 0 Å². The molecule has 7 heteroatoms. The van der Waals surface area contributed by atoms with Gasteiger partial charge in [-0.05, 0) is 56.9 Å². The number of nitrogens with zero attached hydrogens (tertiary/aromatic N) is 5.